The number of benzene rings is 3. The van der Waals surface area contributed by atoms with E-state index in [1.807, 2.05) is 30.3 Å². The predicted octanol–water partition coefficient (Wildman–Crippen LogP) is 5.13. The highest BCUT2D eigenvalue weighted by Gasteiger charge is 2.35. The Balaban J connectivity index is 1.56. The molecule has 0 saturated heterocycles. The van der Waals surface area contributed by atoms with Crippen LogP contribution in [0.2, 0.25) is 0 Å². The van der Waals surface area contributed by atoms with Gasteiger partial charge in [-0.25, -0.2) is 9.79 Å². The van der Waals surface area contributed by atoms with Gasteiger partial charge in [0.2, 0.25) is 0 Å². The summed E-state index contributed by atoms with van der Waals surface area (Å²) < 4.78 is 29.4. The van der Waals surface area contributed by atoms with E-state index in [9.17, 15) is 19.7 Å². The minimum absolute atomic E-state index is 0.112. The maximum Gasteiger partial charge on any atom is 0.338 e. The van der Waals surface area contributed by atoms with Gasteiger partial charge in [-0.05, 0) is 48.9 Å². The van der Waals surface area contributed by atoms with E-state index in [2.05, 4.69) is 0 Å². The van der Waals surface area contributed by atoms with Crippen LogP contribution in [0.3, 0.4) is 0 Å². The van der Waals surface area contributed by atoms with Crippen LogP contribution in [0.25, 0.3) is 23.1 Å². The molecule has 48 heavy (non-hydrogen) atoms. The summed E-state index contributed by atoms with van der Waals surface area (Å²) in [5.41, 5.74) is 1.42. The number of nitro benzene ring substituents is 1. The summed E-state index contributed by atoms with van der Waals surface area (Å²) in [4.78, 5) is 44.4. The topological polar surface area (TPSA) is 145 Å². The number of furan rings is 1. The van der Waals surface area contributed by atoms with Crippen LogP contribution >= 0.6 is 11.3 Å². The first-order valence-electron chi connectivity index (χ1n) is 14.7. The number of hydrogen-bond donors (Lipinski definition) is 0. The highest BCUT2D eigenvalue weighted by atomic mass is 32.1. The van der Waals surface area contributed by atoms with Gasteiger partial charge in [-0.2, -0.15) is 0 Å². The van der Waals surface area contributed by atoms with Crippen LogP contribution in [0.15, 0.2) is 98.6 Å². The van der Waals surface area contributed by atoms with Crippen molar-refractivity contribution in [1.82, 2.24) is 4.57 Å². The normalized spacial score (nSPS) is 14.2. The fourth-order valence-electron chi connectivity index (χ4n) is 5.48. The molecule has 0 fully saturated rings. The summed E-state index contributed by atoms with van der Waals surface area (Å²) in [6, 6.07) is 21.1. The maximum absolute atomic E-state index is 14.2. The Labute approximate surface area is 277 Å². The van der Waals surface area contributed by atoms with Gasteiger partial charge in [0.15, 0.2) is 16.3 Å². The van der Waals surface area contributed by atoms with Gasteiger partial charge in [-0.3, -0.25) is 19.5 Å². The third-order valence-electron chi connectivity index (χ3n) is 7.66. The number of rotatable bonds is 10. The van der Waals surface area contributed by atoms with E-state index in [4.69, 9.17) is 28.4 Å². The third-order valence-corrected chi connectivity index (χ3v) is 8.65. The van der Waals surface area contributed by atoms with Crippen molar-refractivity contribution in [3.8, 4) is 28.6 Å². The Bertz CT molecular complexity index is 2250. The van der Waals surface area contributed by atoms with Crippen molar-refractivity contribution in [3.05, 3.63) is 131 Å². The van der Waals surface area contributed by atoms with Gasteiger partial charge in [0.1, 0.15) is 17.3 Å². The zero-order valence-corrected chi connectivity index (χ0v) is 27.1. The van der Waals surface area contributed by atoms with Gasteiger partial charge in [-0.1, -0.05) is 47.7 Å². The number of fused-ring (bicyclic) bond motifs is 1. The Morgan fingerprint density at radius 1 is 1.00 bits per heavy atom. The fraction of sp³-hybridized carbons (Fsp3) is 0.171. The molecule has 1 aliphatic heterocycles. The van der Waals surface area contributed by atoms with Crippen molar-refractivity contribution in [2.45, 2.75) is 13.0 Å². The molecule has 1 aliphatic rings. The number of carbonyl (C=O) groups is 1. The Hall–Kier alpha value is -5.95. The van der Waals surface area contributed by atoms with Crippen LogP contribution < -0.4 is 29.1 Å². The van der Waals surface area contributed by atoms with E-state index in [0.29, 0.717) is 38.9 Å². The zero-order valence-electron chi connectivity index (χ0n) is 26.3. The molecule has 0 N–H and O–H groups in total. The number of esters is 1. The molecule has 0 radical (unpaired) electrons. The average Bonchev–Trinajstić information content (AvgIpc) is 3.70. The molecule has 0 aliphatic carbocycles. The Morgan fingerprint density at radius 2 is 1.77 bits per heavy atom. The number of methoxy groups -OCH3 is 3. The number of hydrogen-bond acceptors (Lipinski definition) is 11. The molecule has 0 saturated carbocycles. The molecule has 6 rings (SSSR count). The van der Waals surface area contributed by atoms with Crippen molar-refractivity contribution in [1.29, 1.82) is 0 Å². The molecule has 0 spiro atoms. The zero-order chi connectivity index (χ0) is 33.9. The van der Waals surface area contributed by atoms with E-state index < -0.39 is 22.5 Å². The first kappa shape index (κ1) is 32.0. The molecule has 1 atom stereocenters. The average molecular weight is 668 g/mol. The van der Waals surface area contributed by atoms with Crippen molar-refractivity contribution in [2.24, 2.45) is 4.99 Å². The van der Waals surface area contributed by atoms with Crippen LogP contribution in [-0.4, -0.2) is 43.4 Å². The first-order valence-corrected chi connectivity index (χ1v) is 15.5. The molecular formula is C35H29N3O9S. The highest BCUT2D eigenvalue weighted by Crippen LogP contribution is 2.39. The van der Waals surface area contributed by atoms with E-state index in [1.54, 1.807) is 55.5 Å². The van der Waals surface area contributed by atoms with Gasteiger partial charge in [0.05, 0.1) is 66.3 Å². The molecular weight excluding hydrogens is 638 g/mol. The quantitative estimate of drug-likeness (QED) is 0.112. The summed E-state index contributed by atoms with van der Waals surface area (Å²) in [5.74, 6) is 1.13. The summed E-state index contributed by atoms with van der Waals surface area (Å²) in [6.07, 6.45) is 1.55. The second-order valence-corrected chi connectivity index (χ2v) is 11.4. The third kappa shape index (κ3) is 5.86. The van der Waals surface area contributed by atoms with Crippen molar-refractivity contribution < 1.29 is 33.1 Å². The smallest absolute Gasteiger partial charge is 0.338 e. The number of nitro groups is 1. The lowest BCUT2D eigenvalue weighted by Crippen LogP contribution is -2.40. The standard InChI is InChI=1S/C35H29N3O9S/c1-5-46-34(40)30-31(20-9-7-6-8-10-20)36-35-37(32(30)21-11-15-27(44-3)28(17-21)45-4)33(39)29(48-35)19-23-13-16-26(47-23)24-14-12-22(43-2)18-25(24)38(41)42/h6-19,32H,5H2,1-4H3/b29-19-/t32-/m0/s1. The van der Waals surface area contributed by atoms with E-state index >= 15 is 0 Å². The molecule has 0 unspecified atom stereocenters. The fourth-order valence-corrected chi connectivity index (χ4v) is 6.46. The van der Waals surface area contributed by atoms with Crippen LogP contribution in [0.5, 0.6) is 17.2 Å². The predicted molar refractivity (Wildman–Crippen MR) is 178 cm³/mol. The lowest BCUT2D eigenvalue weighted by atomic mass is 9.93. The first-order chi connectivity index (χ1) is 23.3. The molecule has 3 aromatic carbocycles. The molecule has 5 aromatic rings. The van der Waals surface area contributed by atoms with Crippen LogP contribution in [-0.2, 0) is 9.53 Å². The summed E-state index contributed by atoms with van der Waals surface area (Å²) in [6.45, 7) is 1.82. The minimum Gasteiger partial charge on any atom is -0.497 e. The van der Waals surface area contributed by atoms with Crippen molar-refractivity contribution >= 4 is 34.8 Å². The monoisotopic (exact) mass is 667 g/mol. The molecule has 244 valence electrons. The Kier molecular flexibility index (Phi) is 8.95. The van der Waals surface area contributed by atoms with Crippen molar-refractivity contribution in [3.63, 3.8) is 0 Å². The van der Waals surface area contributed by atoms with Gasteiger partial charge in [-0.15, -0.1) is 0 Å². The van der Waals surface area contributed by atoms with E-state index in [1.165, 1.54) is 32.0 Å². The lowest BCUT2D eigenvalue weighted by molar-refractivity contribution is -0.384. The highest BCUT2D eigenvalue weighted by molar-refractivity contribution is 7.07. The molecule has 12 nitrogen and oxygen atoms in total. The largest absolute Gasteiger partial charge is 0.497 e. The minimum atomic E-state index is -0.938. The Morgan fingerprint density at radius 3 is 2.46 bits per heavy atom. The molecule has 3 heterocycles. The van der Waals surface area contributed by atoms with Crippen LogP contribution in [0.1, 0.15) is 29.9 Å². The summed E-state index contributed by atoms with van der Waals surface area (Å²) >= 11 is 1.12. The summed E-state index contributed by atoms with van der Waals surface area (Å²) in [5, 5.41) is 11.8. The van der Waals surface area contributed by atoms with E-state index in [-0.39, 0.29) is 39.5 Å². The van der Waals surface area contributed by atoms with Crippen molar-refractivity contribution in [2.75, 3.05) is 27.9 Å². The van der Waals surface area contributed by atoms with Gasteiger partial charge in [0, 0.05) is 11.6 Å². The SMILES string of the molecule is CCOC(=O)C1=C(c2ccccc2)N=c2s/c(=C\c3ccc(-c4ccc(OC)cc4[N+](=O)[O-])o3)c(=O)n2[C@H]1c1ccc(OC)c(OC)c1. The van der Waals surface area contributed by atoms with Gasteiger partial charge < -0.3 is 23.4 Å². The number of carbonyl (C=O) groups excluding carboxylic acids is 1. The molecule has 13 heteroatoms. The second kappa shape index (κ2) is 13.4. The number of ether oxygens (including phenoxy) is 4. The number of thiazole rings is 1. The molecule has 0 amide bonds. The molecule has 0 bridgehead atoms. The van der Waals surface area contributed by atoms with Crippen LogP contribution in [0.4, 0.5) is 5.69 Å². The molecule has 2 aromatic heterocycles. The summed E-state index contributed by atoms with van der Waals surface area (Å²) in [7, 11) is 4.45. The second-order valence-electron chi connectivity index (χ2n) is 10.4. The van der Waals surface area contributed by atoms with Gasteiger partial charge >= 0.3 is 5.97 Å². The van der Waals surface area contributed by atoms with Crippen LogP contribution in [0, 0.1) is 10.1 Å². The number of aromatic nitrogens is 1. The van der Waals surface area contributed by atoms with E-state index in [0.717, 1.165) is 11.3 Å². The van der Waals surface area contributed by atoms with Gasteiger partial charge in [0.25, 0.3) is 11.2 Å². The maximum atomic E-state index is 14.2. The lowest BCUT2D eigenvalue weighted by Gasteiger charge is -2.26. The number of nitrogens with zero attached hydrogens (tertiary/aromatic N) is 3.